The van der Waals surface area contributed by atoms with Crippen LogP contribution in [0.2, 0.25) is 0 Å². The lowest BCUT2D eigenvalue weighted by Crippen LogP contribution is -2.34. The number of hydrogen-bond acceptors (Lipinski definition) is 9. The molecule has 11 nitrogen and oxygen atoms in total. The summed E-state index contributed by atoms with van der Waals surface area (Å²) in [4.78, 5) is 46.1. The van der Waals surface area contributed by atoms with Crippen LogP contribution in [0.25, 0.3) is 0 Å². The van der Waals surface area contributed by atoms with E-state index in [1.165, 1.54) is 122 Å². The minimum absolute atomic E-state index is 0.124. The number of phosphoric ester groups is 1. The van der Waals surface area contributed by atoms with Gasteiger partial charge in [-0.25, -0.2) is 4.57 Å². The van der Waals surface area contributed by atoms with Crippen molar-refractivity contribution in [1.29, 1.82) is 0 Å². The van der Waals surface area contributed by atoms with Crippen LogP contribution in [0.1, 0.15) is 219 Å². The van der Waals surface area contributed by atoms with Gasteiger partial charge in [-0.1, -0.05) is 197 Å². The molecule has 3 atom stereocenters. The first-order valence-corrected chi connectivity index (χ1v) is 26.2. The molecule has 0 aliphatic rings. The molecule has 0 spiro atoms. The third kappa shape index (κ3) is 44.1. The van der Waals surface area contributed by atoms with Gasteiger partial charge in [0.05, 0.1) is 13.2 Å². The van der Waals surface area contributed by atoms with E-state index in [2.05, 4.69) is 67.0 Å². The van der Waals surface area contributed by atoms with Crippen LogP contribution in [0.3, 0.4) is 0 Å². The quantitative estimate of drug-likeness (QED) is 0.0230. The van der Waals surface area contributed by atoms with Crippen LogP contribution in [0, 0.1) is 0 Å². The number of rotatable bonds is 46. The number of hydrogen-bond donors (Lipinski definition) is 3. The van der Waals surface area contributed by atoms with Gasteiger partial charge in [-0.15, -0.1) is 0 Å². The van der Waals surface area contributed by atoms with Crippen LogP contribution in [-0.4, -0.2) is 59.9 Å². The molecule has 0 radical (unpaired) electrons. The molecule has 0 aliphatic heterocycles. The van der Waals surface area contributed by atoms with Crippen molar-refractivity contribution in [2.45, 2.75) is 231 Å². The van der Waals surface area contributed by atoms with Crippen LogP contribution in [0.15, 0.2) is 48.6 Å². The fourth-order valence-electron chi connectivity index (χ4n) is 6.70. The molecule has 1 unspecified atom stereocenters. The summed E-state index contributed by atoms with van der Waals surface area (Å²) in [5.74, 6) is -2.41. The van der Waals surface area contributed by atoms with Crippen molar-refractivity contribution in [3.8, 4) is 0 Å². The second kappa shape index (κ2) is 45.0. The van der Waals surface area contributed by atoms with Crippen molar-refractivity contribution >= 4 is 25.7 Å². The molecule has 360 valence electrons. The van der Waals surface area contributed by atoms with Gasteiger partial charge in [-0.05, 0) is 57.8 Å². The molecule has 4 N–H and O–H groups in total. The number of carbonyl (C=O) groups is 3. The zero-order valence-electron chi connectivity index (χ0n) is 39.2. The number of unbranched alkanes of at least 4 members (excludes halogenated alkanes) is 24. The minimum atomic E-state index is -4.73. The molecule has 0 aliphatic carbocycles. The summed E-state index contributed by atoms with van der Waals surface area (Å²) < 4.78 is 32.8. The van der Waals surface area contributed by atoms with Crippen molar-refractivity contribution < 1.29 is 47.5 Å². The predicted molar refractivity (Wildman–Crippen MR) is 254 cm³/mol. The second-order valence-corrected chi connectivity index (χ2v) is 18.1. The molecule has 0 aromatic rings. The van der Waals surface area contributed by atoms with Crippen LogP contribution in [-0.2, 0) is 37.5 Å². The fraction of sp³-hybridized carbons (Fsp3) is 0.780. The highest BCUT2D eigenvalue weighted by molar-refractivity contribution is 7.47. The summed E-state index contributed by atoms with van der Waals surface area (Å²) in [7, 11) is -4.73. The smallest absolute Gasteiger partial charge is 0.472 e. The maximum atomic E-state index is 12.7. The third-order valence-corrected chi connectivity index (χ3v) is 11.5. The molecule has 62 heavy (non-hydrogen) atoms. The van der Waals surface area contributed by atoms with E-state index in [1.807, 2.05) is 0 Å². The molecular weight excluding hydrogens is 806 g/mol. The summed E-state index contributed by atoms with van der Waals surface area (Å²) in [6, 6.07) is -1.53. The third-order valence-electron chi connectivity index (χ3n) is 10.6. The zero-order chi connectivity index (χ0) is 45.6. The average molecular weight is 896 g/mol. The summed E-state index contributed by atoms with van der Waals surface area (Å²) in [6.45, 7) is 2.77. The van der Waals surface area contributed by atoms with E-state index in [4.69, 9.17) is 24.8 Å². The van der Waals surface area contributed by atoms with Gasteiger partial charge in [-0.3, -0.25) is 23.4 Å². The van der Waals surface area contributed by atoms with E-state index in [-0.39, 0.29) is 19.4 Å². The maximum Gasteiger partial charge on any atom is 0.472 e. The van der Waals surface area contributed by atoms with E-state index < -0.39 is 51.1 Å². The van der Waals surface area contributed by atoms with Gasteiger partial charge in [0, 0.05) is 12.8 Å². The topological polar surface area (TPSA) is 172 Å². The van der Waals surface area contributed by atoms with Crippen molar-refractivity contribution in [3.05, 3.63) is 48.6 Å². The molecule has 0 aromatic carbocycles. The number of ether oxygens (including phenoxy) is 2. The molecule has 0 aromatic heterocycles. The largest absolute Gasteiger partial charge is 0.480 e. The molecule has 0 saturated carbocycles. The Balaban J connectivity index is 4.33. The predicted octanol–water partition coefficient (Wildman–Crippen LogP) is 13.7. The number of esters is 2. The standard InChI is InChI=1S/C50H90NO10P/c1-3-5-7-9-11-13-15-17-19-21-23-25-27-29-31-33-35-37-39-41-48(52)58-43-46(44-59-62(56,57)60-45-47(51)50(54)55)61-49(53)42-40-38-36-34-32-30-28-26-24-22-20-18-16-14-12-10-8-6-4-2/h12,14,18,20,24,26,30,32,46-47H,3-11,13,15-17,19,21-23,25,27-29,31,33-45,51H2,1-2H3,(H,54,55)(H,56,57)/b14-12-,20-18-,26-24-,32-30-/t46-,47+/m1/s1. The molecule has 0 heterocycles. The Hall–Kier alpha value is -2.56. The molecule has 0 rings (SSSR count). The second-order valence-electron chi connectivity index (χ2n) is 16.6. The number of nitrogens with two attached hydrogens (primary N) is 1. The highest BCUT2D eigenvalue weighted by atomic mass is 31.2. The molecular formula is C50H90NO10P. The Morgan fingerprint density at radius 1 is 0.500 bits per heavy atom. The Labute approximate surface area is 377 Å². The first-order valence-electron chi connectivity index (χ1n) is 24.7. The summed E-state index contributed by atoms with van der Waals surface area (Å²) in [5, 5.41) is 8.91. The number of allylic oxidation sites excluding steroid dienone is 8. The minimum Gasteiger partial charge on any atom is -0.480 e. The van der Waals surface area contributed by atoms with E-state index in [9.17, 15) is 23.8 Å². The molecule has 0 fully saturated rings. The summed E-state index contributed by atoms with van der Waals surface area (Å²) >= 11 is 0. The number of carboxylic acid groups (broad SMARTS) is 1. The molecule has 0 amide bonds. The lowest BCUT2D eigenvalue weighted by Gasteiger charge is -2.20. The Morgan fingerprint density at radius 3 is 1.31 bits per heavy atom. The first-order chi connectivity index (χ1) is 30.1. The average Bonchev–Trinajstić information content (AvgIpc) is 3.25. The highest BCUT2D eigenvalue weighted by Gasteiger charge is 2.28. The van der Waals surface area contributed by atoms with Gasteiger partial charge in [0.15, 0.2) is 6.10 Å². The van der Waals surface area contributed by atoms with E-state index in [0.717, 1.165) is 57.8 Å². The summed E-state index contributed by atoms with van der Waals surface area (Å²) in [5.41, 5.74) is 5.34. The Morgan fingerprint density at radius 2 is 0.855 bits per heavy atom. The van der Waals surface area contributed by atoms with E-state index in [0.29, 0.717) is 12.8 Å². The van der Waals surface area contributed by atoms with Gasteiger partial charge in [0.1, 0.15) is 12.6 Å². The SMILES string of the molecule is CCCCC/C=C\C/C=C\C/C=C\C/C=C\CCCCCC(=O)O[C@H](COC(=O)CCCCCCCCCCCCCCCCCCCCC)COP(=O)(O)OC[C@H](N)C(=O)O. The number of phosphoric acid groups is 1. The van der Waals surface area contributed by atoms with Crippen LogP contribution in [0.4, 0.5) is 0 Å². The Bertz CT molecular complexity index is 1240. The van der Waals surface area contributed by atoms with Crippen molar-refractivity contribution in [2.24, 2.45) is 5.73 Å². The van der Waals surface area contributed by atoms with Gasteiger partial charge in [0.2, 0.25) is 0 Å². The van der Waals surface area contributed by atoms with Gasteiger partial charge >= 0.3 is 25.7 Å². The van der Waals surface area contributed by atoms with Crippen molar-refractivity contribution in [3.63, 3.8) is 0 Å². The van der Waals surface area contributed by atoms with E-state index >= 15 is 0 Å². The maximum absolute atomic E-state index is 12.7. The van der Waals surface area contributed by atoms with Gasteiger partial charge in [-0.2, -0.15) is 0 Å². The van der Waals surface area contributed by atoms with E-state index in [1.54, 1.807) is 0 Å². The van der Waals surface area contributed by atoms with Gasteiger partial charge in [0.25, 0.3) is 0 Å². The molecule has 0 saturated heterocycles. The normalized spacial score (nSPS) is 14.0. The fourth-order valence-corrected chi connectivity index (χ4v) is 7.47. The summed E-state index contributed by atoms with van der Waals surface area (Å²) in [6.07, 6.45) is 51.7. The lowest BCUT2D eigenvalue weighted by atomic mass is 10.0. The van der Waals surface area contributed by atoms with Crippen molar-refractivity contribution in [1.82, 2.24) is 0 Å². The van der Waals surface area contributed by atoms with Crippen LogP contribution < -0.4 is 5.73 Å². The first kappa shape index (κ1) is 59.4. The molecule has 12 heteroatoms. The number of carboxylic acids is 1. The van der Waals surface area contributed by atoms with Crippen LogP contribution in [0.5, 0.6) is 0 Å². The highest BCUT2D eigenvalue weighted by Crippen LogP contribution is 2.43. The zero-order valence-corrected chi connectivity index (χ0v) is 40.1. The van der Waals surface area contributed by atoms with Gasteiger partial charge < -0.3 is 25.2 Å². The van der Waals surface area contributed by atoms with Crippen LogP contribution >= 0.6 is 7.82 Å². The monoisotopic (exact) mass is 896 g/mol. The number of aliphatic carboxylic acids is 1. The van der Waals surface area contributed by atoms with Crippen molar-refractivity contribution in [2.75, 3.05) is 19.8 Å². The number of carbonyl (C=O) groups excluding carboxylic acids is 2. The lowest BCUT2D eigenvalue weighted by molar-refractivity contribution is -0.161. The molecule has 0 bridgehead atoms. The Kier molecular flexibility index (Phi) is 43.2.